The molecule has 4 aromatic rings. The van der Waals surface area contributed by atoms with Gasteiger partial charge in [0.25, 0.3) is 0 Å². The van der Waals surface area contributed by atoms with E-state index in [1.807, 2.05) is 38.2 Å². The molecule has 0 spiro atoms. The van der Waals surface area contributed by atoms with E-state index in [1.165, 1.54) is 10.9 Å². The summed E-state index contributed by atoms with van der Waals surface area (Å²) in [6, 6.07) is 18.1. The van der Waals surface area contributed by atoms with Crippen LogP contribution in [-0.4, -0.2) is 21.7 Å². The summed E-state index contributed by atoms with van der Waals surface area (Å²) in [5, 5.41) is 25.3. The molecule has 2 unspecified atom stereocenters. The van der Waals surface area contributed by atoms with Crippen LogP contribution < -0.4 is 5.32 Å². The van der Waals surface area contributed by atoms with E-state index < -0.39 is 11.6 Å². The standard InChI is InChI=1S/C31H29N3O/c1-18-14-26(25-11-7-10-23-19(2)17-33-29(23)25)24(13-12-21-8-6-9-22(15-21)16-32)27-20(3)30(35)31(4,5)34-28(18)27/h6-11,14-15,17,20,30,33-35H,1-5H3. The molecule has 2 heterocycles. The SMILES string of the molecule is Cc1cc(-c2cccc3c(C)c[nH]c23)c(C#Cc2cccc(C#N)c2)c2c1NC(C)(C)C(O)C2C. The molecule has 4 nitrogen and oxygen atoms in total. The molecule has 1 aliphatic heterocycles. The molecule has 35 heavy (non-hydrogen) atoms. The third-order valence-corrected chi connectivity index (χ3v) is 7.21. The van der Waals surface area contributed by atoms with Gasteiger partial charge in [-0.3, -0.25) is 0 Å². The maximum absolute atomic E-state index is 11.2. The van der Waals surface area contributed by atoms with Gasteiger partial charge in [-0.05, 0) is 68.7 Å². The van der Waals surface area contributed by atoms with Crippen LogP contribution in [0.15, 0.2) is 54.7 Å². The van der Waals surface area contributed by atoms with Crippen molar-refractivity contribution in [1.82, 2.24) is 4.98 Å². The number of nitrogens with zero attached hydrogens (tertiary/aromatic N) is 1. The van der Waals surface area contributed by atoms with Gasteiger partial charge in [0.05, 0.1) is 28.8 Å². The van der Waals surface area contributed by atoms with E-state index in [2.05, 4.69) is 73.2 Å². The molecular formula is C31H29N3O. The number of aromatic nitrogens is 1. The molecule has 4 heteroatoms. The number of hydrogen-bond donors (Lipinski definition) is 3. The van der Waals surface area contributed by atoms with Crippen LogP contribution in [0.5, 0.6) is 0 Å². The Morgan fingerprint density at radius 2 is 1.69 bits per heavy atom. The first-order valence-corrected chi connectivity index (χ1v) is 11.9. The molecule has 2 atom stereocenters. The van der Waals surface area contributed by atoms with E-state index >= 15 is 0 Å². The van der Waals surface area contributed by atoms with Crippen molar-refractivity contribution in [3.63, 3.8) is 0 Å². The molecule has 0 aliphatic carbocycles. The normalized spacial score (nSPS) is 18.2. The van der Waals surface area contributed by atoms with Crippen LogP contribution >= 0.6 is 0 Å². The van der Waals surface area contributed by atoms with Gasteiger partial charge in [-0.2, -0.15) is 5.26 Å². The number of aliphatic hydroxyl groups excluding tert-OH is 1. The zero-order valence-corrected chi connectivity index (χ0v) is 20.7. The van der Waals surface area contributed by atoms with Gasteiger partial charge in [0.2, 0.25) is 0 Å². The second kappa shape index (κ2) is 8.35. The summed E-state index contributed by atoms with van der Waals surface area (Å²) >= 11 is 0. The number of fused-ring (bicyclic) bond motifs is 2. The van der Waals surface area contributed by atoms with E-state index in [1.54, 1.807) is 6.07 Å². The van der Waals surface area contributed by atoms with Crippen molar-refractivity contribution in [2.75, 3.05) is 5.32 Å². The number of aliphatic hydroxyl groups is 1. The number of nitrogens with one attached hydrogen (secondary N) is 2. The van der Waals surface area contributed by atoms with Gasteiger partial charge >= 0.3 is 0 Å². The van der Waals surface area contributed by atoms with Crippen molar-refractivity contribution >= 4 is 16.6 Å². The number of hydrogen-bond acceptors (Lipinski definition) is 3. The lowest BCUT2D eigenvalue weighted by Crippen LogP contribution is -2.50. The highest BCUT2D eigenvalue weighted by molar-refractivity contribution is 5.98. The van der Waals surface area contributed by atoms with Crippen LogP contribution in [0.3, 0.4) is 0 Å². The Bertz CT molecular complexity index is 1570. The molecule has 0 amide bonds. The molecule has 1 aliphatic rings. The lowest BCUT2D eigenvalue weighted by molar-refractivity contribution is 0.0868. The van der Waals surface area contributed by atoms with Gasteiger partial charge < -0.3 is 15.4 Å². The molecule has 3 aromatic carbocycles. The number of benzene rings is 3. The second-order valence-electron chi connectivity index (χ2n) is 10.1. The second-order valence-corrected chi connectivity index (χ2v) is 10.1. The average molecular weight is 460 g/mol. The molecule has 0 saturated heterocycles. The molecule has 1 aromatic heterocycles. The van der Waals surface area contributed by atoms with Crippen LogP contribution in [0.2, 0.25) is 0 Å². The summed E-state index contributed by atoms with van der Waals surface area (Å²) in [4.78, 5) is 3.45. The number of para-hydroxylation sites is 1. The summed E-state index contributed by atoms with van der Waals surface area (Å²) in [5.74, 6) is 6.65. The van der Waals surface area contributed by atoms with Gasteiger partial charge in [0.15, 0.2) is 0 Å². The first-order chi connectivity index (χ1) is 16.7. The maximum atomic E-state index is 11.2. The highest BCUT2D eigenvalue weighted by Gasteiger charge is 2.40. The number of aryl methyl sites for hydroxylation is 2. The van der Waals surface area contributed by atoms with E-state index in [-0.39, 0.29) is 5.92 Å². The first kappa shape index (κ1) is 22.8. The summed E-state index contributed by atoms with van der Waals surface area (Å²) in [7, 11) is 0. The van der Waals surface area contributed by atoms with Crippen molar-refractivity contribution < 1.29 is 5.11 Å². The van der Waals surface area contributed by atoms with Crippen LogP contribution in [-0.2, 0) is 0 Å². The third kappa shape index (κ3) is 3.77. The van der Waals surface area contributed by atoms with Gasteiger partial charge in [-0.1, -0.05) is 43.0 Å². The number of anilines is 1. The van der Waals surface area contributed by atoms with Crippen LogP contribution in [0.4, 0.5) is 5.69 Å². The van der Waals surface area contributed by atoms with Gasteiger partial charge in [0, 0.05) is 45.4 Å². The minimum Gasteiger partial charge on any atom is -0.390 e. The zero-order valence-electron chi connectivity index (χ0n) is 20.7. The molecule has 0 radical (unpaired) electrons. The predicted molar refractivity (Wildman–Crippen MR) is 142 cm³/mol. The van der Waals surface area contributed by atoms with Crippen molar-refractivity contribution in [2.45, 2.75) is 52.2 Å². The molecular weight excluding hydrogens is 430 g/mol. The number of H-pyrrole nitrogens is 1. The van der Waals surface area contributed by atoms with Gasteiger partial charge in [-0.15, -0.1) is 0 Å². The summed E-state index contributed by atoms with van der Waals surface area (Å²) in [6.07, 6.45) is 1.46. The Balaban J connectivity index is 1.82. The zero-order chi connectivity index (χ0) is 24.9. The largest absolute Gasteiger partial charge is 0.390 e. The lowest BCUT2D eigenvalue weighted by atomic mass is 9.75. The topological polar surface area (TPSA) is 71.8 Å². The fourth-order valence-electron chi connectivity index (χ4n) is 5.31. The maximum Gasteiger partial charge on any atom is 0.0992 e. The molecule has 174 valence electrons. The van der Waals surface area contributed by atoms with Gasteiger partial charge in [0.1, 0.15) is 0 Å². The van der Waals surface area contributed by atoms with Crippen LogP contribution in [0, 0.1) is 37.0 Å². The summed E-state index contributed by atoms with van der Waals surface area (Å²) in [5.41, 5.74) is 9.43. The summed E-state index contributed by atoms with van der Waals surface area (Å²) in [6.45, 7) is 10.4. The fraction of sp³-hybridized carbons (Fsp3) is 0.258. The smallest absolute Gasteiger partial charge is 0.0992 e. The Labute approximate surface area is 206 Å². The van der Waals surface area contributed by atoms with E-state index in [9.17, 15) is 10.4 Å². The monoisotopic (exact) mass is 459 g/mol. The highest BCUT2D eigenvalue weighted by atomic mass is 16.3. The number of rotatable bonds is 1. The molecule has 5 rings (SSSR count). The lowest BCUT2D eigenvalue weighted by Gasteiger charge is -2.43. The fourth-order valence-corrected chi connectivity index (χ4v) is 5.31. The molecule has 0 fully saturated rings. The average Bonchev–Trinajstić information content (AvgIpc) is 3.23. The predicted octanol–water partition coefficient (Wildman–Crippen LogP) is 6.39. The van der Waals surface area contributed by atoms with Crippen molar-refractivity contribution in [3.8, 4) is 29.0 Å². The highest BCUT2D eigenvalue weighted by Crippen LogP contribution is 2.46. The molecule has 0 bridgehead atoms. The Hall–Kier alpha value is -3.99. The Kier molecular flexibility index (Phi) is 5.43. The minimum absolute atomic E-state index is 0.112. The van der Waals surface area contributed by atoms with Gasteiger partial charge in [-0.25, -0.2) is 0 Å². The summed E-state index contributed by atoms with van der Waals surface area (Å²) < 4.78 is 0. The Morgan fingerprint density at radius 1 is 0.943 bits per heavy atom. The van der Waals surface area contributed by atoms with Crippen LogP contribution in [0.1, 0.15) is 60.1 Å². The van der Waals surface area contributed by atoms with Crippen molar-refractivity contribution in [2.24, 2.45) is 0 Å². The number of nitriles is 1. The third-order valence-electron chi connectivity index (χ3n) is 7.21. The minimum atomic E-state index is -0.573. The Morgan fingerprint density at radius 3 is 2.46 bits per heavy atom. The number of aromatic amines is 1. The molecule has 3 N–H and O–H groups in total. The van der Waals surface area contributed by atoms with E-state index in [0.29, 0.717) is 5.56 Å². The quantitative estimate of drug-likeness (QED) is 0.289. The first-order valence-electron chi connectivity index (χ1n) is 11.9. The van der Waals surface area contributed by atoms with E-state index in [0.717, 1.165) is 44.6 Å². The van der Waals surface area contributed by atoms with Crippen molar-refractivity contribution in [1.29, 1.82) is 5.26 Å². The van der Waals surface area contributed by atoms with Crippen molar-refractivity contribution in [3.05, 3.63) is 88.1 Å². The molecule has 0 saturated carbocycles. The van der Waals surface area contributed by atoms with Crippen LogP contribution in [0.25, 0.3) is 22.0 Å². The van der Waals surface area contributed by atoms with E-state index in [4.69, 9.17) is 0 Å².